The summed E-state index contributed by atoms with van der Waals surface area (Å²) >= 11 is 0. The Morgan fingerprint density at radius 1 is 1.15 bits per heavy atom. The number of halogens is 3. The zero-order valence-corrected chi connectivity index (χ0v) is 14.3. The van der Waals surface area contributed by atoms with Crippen LogP contribution in [0.5, 0.6) is 0 Å². The van der Waals surface area contributed by atoms with Gasteiger partial charge in [-0.15, -0.1) is 0 Å². The fraction of sp³-hybridized carbons (Fsp3) is 0.421. The molecule has 1 amide bonds. The minimum absolute atomic E-state index is 0.225. The first-order chi connectivity index (χ1) is 12.4. The van der Waals surface area contributed by atoms with Crippen LogP contribution < -0.4 is 5.32 Å². The molecule has 0 unspecified atom stereocenters. The van der Waals surface area contributed by atoms with Gasteiger partial charge in [0.1, 0.15) is 5.76 Å². The normalized spacial score (nSPS) is 15.3. The number of carbonyl (C=O) groups excluding carboxylic acids is 1. The van der Waals surface area contributed by atoms with E-state index >= 15 is 0 Å². The molecule has 2 heterocycles. The Morgan fingerprint density at radius 2 is 1.92 bits per heavy atom. The van der Waals surface area contributed by atoms with Gasteiger partial charge in [0.15, 0.2) is 5.76 Å². The van der Waals surface area contributed by atoms with Crippen molar-refractivity contribution in [2.24, 2.45) is 0 Å². The first-order valence-electron chi connectivity index (χ1n) is 8.67. The van der Waals surface area contributed by atoms with Gasteiger partial charge in [-0.3, -0.25) is 9.69 Å². The fourth-order valence-electron chi connectivity index (χ4n) is 3.06. The molecule has 1 aliphatic rings. The van der Waals surface area contributed by atoms with Gasteiger partial charge < -0.3 is 9.73 Å². The predicted molar refractivity (Wildman–Crippen MR) is 90.7 cm³/mol. The Bertz CT molecular complexity index is 749. The molecule has 1 aromatic heterocycles. The molecule has 1 aromatic carbocycles. The molecule has 140 valence electrons. The Hall–Kier alpha value is -2.28. The molecule has 2 aromatic rings. The number of likely N-dealkylation sites (tertiary alicyclic amines) is 1. The van der Waals surface area contributed by atoms with Gasteiger partial charge in [-0.2, -0.15) is 13.2 Å². The van der Waals surface area contributed by atoms with Gasteiger partial charge in [0.2, 0.25) is 0 Å². The second kappa shape index (κ2) is 7.95. The number of hydrogen-bond donors (Lipinski definition) is 1. The Kier molecular flexibility index (Phi) is 5.66. The number of carbonyl (C=O) groups is 1. The summed E-state index contributed by atoms with van der Waals surface area (Å²) in [5.74, 6) is 0.614. The van der Waals surface area contributed by atoms with Crippen LogP contribution in [0.2, 0.25) is 0 Å². The van der Waals surface area contributed by atoms with E-state index < -0.39 is 11.7 Å². The van der Waals surface area contributed by atoms with Crippen molar-refractivity contribution in [1.29, 1.82) is 0 Å². The van der Waals surface area contributed by atoms with Crippen LogP contribution >= 0.6 is 0 Å². The van der Waals surface area contributed by atoms with Crippen LogP contribution in [0.1, 0.15) is 40.3 Å². The SMILES string of the molecule is O=C(NCCc1cccc(C(F)(F)F)c1)c1ccc(CN2CCCC2)o1. The van der Waals surface area contributed by atoms with E-state index in [1.165, 1.54) is 18.9 Å². The maximum absolute atomic E-state index is 12.7. The second-order valence-corrected chi connectivity index (χ2v) is 6.45. The van der Waals surface area contributed by atoms with Crippen molar-refractivity contribution in [3.05, 3.63) is 59.0 Å². The largest absolute Gasteiger partial charge is 0.455 e. The van der Waals surface area contributed by atoms with Gasteiger partial charge in [0.25, 0.3) is 5.91 Å². The number of nitrogens with zero attached hydrogens (tertiary/aromatic N) is 1. The van der Waals surface area contributed by atoms with Crippen molar-refractivity contribution < 1.29 is 22.4 Å². The molecule has 1 saturated heterocycles. The molecule has 7 heteroatoms. The lowest BCUT2D eigenvalue weighted by molar-refractivity contribution is -0.137. The summed E-state index contributed by atoms with van der Waals surface area (Å²) in [6.45, 7) is 3.01. The molecule has 0 saturated carbocycles. The molecule has 0 bridgehead atoms. The van der Waals surface area contributed by atoms with E-state index in [9.17, 15) is 18.0 Å². The number of furan rings is 1. The van der Waals surface area contributed by atoms with Crippen LogP contribution in [0.15, 0.2) is 40.8 Å². The van der Waals surface area contributed by atoms with E-state index in [0.717, 1.165) is 31.0 Å². The van der Waals surface area contributed by atoms with Crippen LogP contribution in [0.4, 0.5) is 13.2 Å². The molecule has 26 heavy (non-hydrogen) atoms. The summed E-state index contributed by atoms with van der Waals surface area (Å²) in [6.07, 6.45) is -1.68. The highest BCUT2D eigenvalue weighted by molar-refractivity contribution is 5.91. The third kappa shape index (κ3) is 4.88. The molecular weight excluding hydrogens is 345 g/mol. The lowest BCUT2D eigenvalue weighted by Gasteiger charge is -2.11. The van der Waals surface area contributed by atoms with Crippen molar-refractivity contribution in [2.75, 3.05) is 19.6 Å². The van der Waals surface area contributed by atoms with E-state index in [1.807, 2.05) is 0 Å². The highest BCUT2D eigenvalue weighted by atomic mass is 19.4. The summed E-state index contributed by atoms with van der Waals surface area (Å²) in [6, 6.07) is 8.55. The van der Waals surface area contributed by atoms with Gasteiger partial charge >= 0.3 is 6.18 Å². The minimum atomic E-state index is -4.36. The molecule has 1 aliphatic heterocycles. The Labute approximate surface area is 150 Å². The summed E-state index contributed by atoms with van der Waals surface area (Å²) in [5, 5.41) is 2.69. The zero-order chi connectivity index (χ0) is 18.6. The number of nitrogens with one attached hydrogen (secondary N) is 1. The highest BCUT2D eigenvalue weighted by Gasteiger charge is 2.30. The summed E-state index contributed by atoms with van der Waals surface area (Å²) < 4.78 is 43.7. The van der Waals surface area contributed by atoms with E-state index in [2.05, 4.69) is 10.2 Å². The Balaban J connectivity index is 1.49. The summed E-state index contributed by atoms with van der Waals surface area (Å²) in [7, 11) is 0. The van der Waals surface area contributed by atoms with E-state index in [-0.39, 0.29) is 18.2 Å². The first kappa shape index (κ1) is 18.5. The van der Waals surface area contributed by atoms with Crippen molar-refractivity contribution in [3.8, 4) is 0 Å². The molecule has 3 rings (SSSR count). The number of alkyl halides is 3. The van der Waals surface area contributed by atoms with Crippen LogP contribution in [0, 0.1) is 0 Å². The fourth-order valence-corrected chi connectivity index (χ4v) is 3.06. The Morgan fingerprint density at radius 3 is 2.65 bits per heavy atom. The highest BCUT2D eigenvalue weighted by Crippen LogP contribution is 2.29. The third-order valence-corrected chi connectivity index (χ3v) is 4.42. The van der Waals surface area contributed by atoms with E-state index in [0.29, 0.717) is 18.5 Å². The predicted octanol–water partition coefficient (Wildman–Crippen LogP) is 3.87. The maximum atomic E-state index is 12.7. The average Bonchev–Trinajstić information content (AvgIpc) is 3.27. The lowest BCUT2D eigenvalue weighted by atomic mass is 10.1. The van der Waals surface area contributed by atoms with Crippen molar-refractivity contribution in [2.45, 2.75) is 32.0 Å². The molecular formula is C19H21F3N2O2. The van der Waals surface area contributed by atoms with Crippen LogP contribution in [-0.4, -0.2) is 30.4 Å². The van der Waals surface area contributed by atoms with Gasteiger partial charge in [0.05, 0.1) is 12.1 Å². The minimum Gasteiger partial charge on any atom is -0.455 e. The van der Waals surface area contributed by atoms with Crippen LogP contribution in [0.25, 0.3) is 0 Å². The average molecular weight is 366 g/mol. The van der Waals surface area contributed by atoms with Crippen molar-refractivity contribution in [3.63, 3.8) is 0 Å². The molecule has 1 N–H and O–H groups in total. The topological polar surface area (TPSA) is 45.5 Å². The number of amides is 1. The smallest absolute Gasteiger partial charge is 0.416 e. The molecule has 4 nitrogen and oxygen atoms in total. The van der Waals surface area contributed by atoms with E-state index in [4.69, 9.17) is 4.42 Å². The van der Waals surface area contributed by atoms with Gasteiger partial charge in [-0.1, -0.05) is 18.2 Å². The van der Waals surface area contributed by atoms with Crippen molar-refractivity contribution >= 4 is 5.91 Å². The van der Waals surface area contributed by atoms with Gasteiger partial charge in [-0.05, 0) is 56.1 Å². The van der Waals surface area contributed by atoms with Crippen LogP contribution in [0.3, 0.4) is 0 Å². The quantitative estimate of drug-likeness (QED) is 0.844. The standard InChI is InChI=1S/C19H21F3N2O2/c20-19(21,22)15-5-3-4-14(12-15)8-9-23-18(25)17-7-6-16(26-17)13-24-10-1-2-11-24/h3-7,12H,1-2,8-11,13H2,(H,23,25). The molecule has 0 radical (unpaired) electrons. The molecule has 0 aliphatic carbocycles. The van der Waals surface area contributed by atoms with Gasteiger partial charge in [0, 0.05) is 6.54 Å². The molecule has 0 atom stereocenters. The lowest BCUT2D eigenvalue weighted by Crippen LogP contribution is -2.25. The van der Waals surface area contributed by atoms with Crippen molar-refractivity contribution in [1.82, 2.24) is 10.2 Å². The zero-order valence-electron chi connectivity index (χ0n) is 14.3. The number of benzene rings is 1. The second-order valence-electron chi connectivity index (χ2n) is 6.45. The molecule has 0 spiro atoms. The van der Waals surface area contributed by atoms with Crippen LogP contribution in [-0.2, 0) is 19.1 Å². The molecule has 1 fully saturated rings. The number of rotatable bonds is 6. The third-order valence-electron chi connectivity index (χ3n) is 4.42. The maximum Gasteiger partial charge on any atom is 0.416 e. The summed E-state index contributed by atoms with van der Waals surface area (Å²) in [5.41, 5.74) is -0.159. The summed E-state index contributed by atoms with van der Waals surface area (Å²) in [4.78, 5) is 14.4. The number of hydrogen-bond acceptors (Lipinski definition) is 3. The van der Waals surface area contributed by atoms with Gasteiger partial charge in [-0.25, -0.2) is 0 Å². The first-order valence-corrected chi connectivity index (χ1v) is 8.67. The van der Waals surface area contributed by atoms with E-state index in [1.54, 1.807) is 18.2 Å². The monoisotopic (exact) mass is 366 g/mol.